The Kier molecular flexibility index (Phi) is 4.83. The molecule has 0 heterocycles. The number of esters is 1. The first-order chi connectivity index (χ1) is 9.24. The van der Waals surface area contributed by atoms with E-state index in [0.717, 1.165) is 32.1 Å². The van der Waals surface area contributed by atoms with Crippen LogP contribution in [0.4, 0.5) is 0 Å². The third-order valence-electron chi connectivity index (χ3n) is 3.79. The smallest absolute Gasteiger partial charge is 0.314 e. The molecule has 0 saturated heterocycles. The molecule has 0 N–H and O–H groups in total. The first kappa shape index (κ1) is 13.9. The van der Waals surface area contributed by atoms with Gasteiger partial charge in [-0.25, -0.2) is 0 Å². The van der Waals surface area contributed by atoms with E-state index in [-0.39, 0.29) is 11.9 Å². The molecule has 1 aromatic rings. The number of carbonyl (C=O) groups excluding carboxylic acids is 1. The van der Waals surface area contributed by atoms with Gasteiger partial charge in [-0.1, -0.05) is 32.3 Å². The molecule has 1 saturated carbocycles. The van der Waals surface area contributed by atoms with Gasteiger partial charge in [0.2, 0.25) is 0 Å². The van der Waals surface area contributed by atoms with E-state index in [2.05, 4.69) is 6.92 Å². The predicted octanol–water partition coefficient (Wildman–Crippen LogP) is 3.74. The van der Waals surface area contributed by atoms with Crippen LogP contribution in [-0.4, -0.2) is 13.1 Å². The van der Waals surface area contributed by atoms with Crippen molar-refractivity contribution in [3.8, 4) is 11.5 Å². The molecule has 3 nitrogen and oxygen atoms in total. The summed E-state index contributed by atoms with van der Waals surface area (Å²) in [6.45, 7) is 2.09. The Balaban J connectivity index is 2.07. The quantitative estimate of drug-likeness (QED) is 0.612. The van der Waals surface area contributed by atoms with Crippen molar-refractivity contribution in [2.75, 3.05) is 7.11 Å². The Morgan fingerprint density at radius 3 is 2.58 bits per heavy atom. The lowest BCUT2D eigenvalue weighted by molar-refractivity contribution is -0.140. The van der Waals surface area contributed by atoms with E-state index in [4.69, 9.17) is 9.47 Å². The average molecular weight is 262 g/mol. The Morgan fingerprint density at radius 1 is 1.21 bits per heavy atom. The highest BCUT2D eigenvalue weighted by Crippen LogP contribution is 2.31. The Morgan fingerprint density at radius 2 is 1.95 bits per heavy atom. The first-order valence-electron chi connectivity index (χ1n) is 7.13. The molecule has 1 aliphatic carbocycles. The molecule has 0 unspecified atom stereocenters. The topological polar surface area (TPSA) is 35.5 Å². The van der Waals surface area contributed by atoms with Gasteiger partial charge in [-0.15, -0.1) is 0 Å². The summed E-state index contributed by atoms with van der Waals surface area (Å²) in [4.78, 5) is 12.1. The van der Waals surface area contributed by atoms with Crippen LogP contribution < -0.4 is 9.47 Å². The molecule has 1 fully saturated rings. The molecule has 104 valence electrons. The Bertz CT molecular complexity index is 434. The van der Waals surface area contributed by atoms with E-state index in [1.165, 1.54) is 12.0 Å². The van der Waals surface area contributed by atoms with E-state index in [0.29, 0.717) is 11.5 Å². The van der Waals surface area contributed by atoms with Gasteiger partial charge >= 0.3 is 5.97 Å². The molecule has 0 aliphatic heterocycles. The van der Waals surface area contributed by atoms with Crippen LogP contribution in [0.2, 0.25) is 0 Å². The van der Waals surface area contributed by atoms with Gasteiger partial charge in [0.25, 0.3) is 0 Å². The second-order valence-electron chi connectivity index (χ2n) is 5.09. The highest BCUT2D eigenvalue weighted by molar-refractivity contribution is 5.76. The number of hydrogen-bond donors (Lipinski definition) is 0. The van der Waals surface area contributed by atoms with Gasteiger partial charge in [0, 0.05) is 0 Å². The molecule has 2 rings (SSSR count). The summed E-state index contributed by atoms with van der Waals surface area (Å²) in [7, 11) is 1.60. The van der Waals surface area contributed by atoms with Crippen LogP contribution in [0.5, 0.6) is 11.5 Å². The Labute approximate surface area is 114 Å². The predicted molar refractivity (Wildman–Crippen MR) is 74.6 cm³/mol. The van der Waals surface area contributed by atoms with Crippen LogP contribution in [-0.2, 0) is 11.2 Å². The van der Waals surface area contributed by atoms with Crippen molar-refractivity contribution in [3.05, 3.63) is 23.8 Å². The zero-order valence-corrected chi connectivity index (χ0v) is 11.8. The largest absolute Gasteiger partial charge is 0.493 e. The monoisotopic (exact) mass is 262 g/mol. The molecule has 3 heteroatoms. The number of hydrogen-bond acceptors (Lipinski definition) is 3. The maximum absolute atomic E-state index is 12.1. The second kappa shape index (κ2) is 6.60. The van der Waals surface area contributed by atoms with E-state index < -0.39 is 0 Å². The van der Waals surface area contributed by atoms with Crippen molar-refractivity contribution >= 4 is 5.97 Å². The number of methoxy groups -OCH3 is 1. The van der Waals surface area contributed by atoms with Crippen LogP contribution in [0, 0.1) is 5.92 Å². The Hall–Kier alpha value is -1.51. The van der Waals surface area contributed by atoms with E-state index >= 15 is 0 Å². The number of carbonyl (C=O) groups is 1. The zero-order valence-electron chi connectivity index (χ0n) is 11.8. The van der Waals surface area contributed by atoms with Gasteiger partial charge in [-0.2, -0.15) is 0 Å². The van der Waals surface area contributed by atoms with Crippen LogP contribution in [0.25, 0.3) is 0 Å². The summed E-state index contributed by atoms with van der Waals surface area (Å²) in [5.41, 5.74) is 1.18. The van der Waals surface area contributed by atoms with Gasteiger partial charge < -0.3 is 9.47 Å². The fraction of sp³-hybridized carbons (Fsp3) is 0.562. The van der Waals surface area contributed by atoms with E-state index in [1.807, 2.05) is 18.2 Å². The highest BCUT2D eigenvalue weighted by Gasteiger charge is 2.23. The second-order valence-corrected chi connectivity index (χ2v) is 5.09. The third-order valence-corrected chi connectivity index (χ3v) is 3.79. The third kappa shape index (κ3) is 3.49. The van der Waals surface area contributed by atoms with Gasteiger partial charge in [-0.3, -0.25) is 4.79 Å². The molecular formula is C16H22O3. The van der Waals surface area contributed by atoms with Gasteiger partial charge in [0.1, 0.15) is 0 Å². The maximum Gasteiger partial charge on any atom is 0.314 e. The van der Waals surface area contributed by atoms with Crippen molar-refractivity contribution in [2.45, 2.75) is 45.4 Å². The molecule has 0 spiro atoms. The van der Waals surface area contributed by atoms with Crippen molar-refractivity contribution < 1.29 is 14.3 Å². The molecule has 1 aromatic carbocycles. The SMILES string of the molecule is CCc1ccc(OC(=O)C2CCCCC2)c(OC)c1. The first-order valence-corrected chi connectivity index (χ1v) is 7.13. The van der Waals surface area contributed by atoms with Crippen LogP contribution in [0.3, 0.4) is 0 Å². The normalized spacial score (nSPS) is 16.1. The molecule has 0 radical (unpaired) electrons. The summed E-state index contributed by atoms with van der Waals surface area (Å²) < 4.78 is 10.8. The van der Waals surface area contributed by atoms with Crippen LogP contribution >= 0.6 is 0 Å². The minimum Gasteiger partial charge on any atom is -0.493 e. The lowest BCUT2D eigenvalue weighted by Crippen LogP contribution is -2.22. The standard InChI is InChI=1S/C16H22O3/c1-3-12-9-10-14(15(11-12)18-2)19-16(17)13-7-5-4-6-8-13/h9-11,13H,3-8H2,1-2H3. The zero-order chi connectivity index (χ0) is 13.7. The average Bonchev–Trinajstić information content (AvgIpc) is 2.48. The van der Waals surface area contributed by atoms with E-state index in [9.17, 15) is 4.79 Å². The summed E-state index contributed by atoms with van der Waals surface area (Å²) in [5, 5.41) is 0. The molecule has 1 aliphatic rings. The lowest BCUT2D eigenvalue weighted by Gasteiger charge is -2.20. The number of ether oxygens (including phenoxy) is 2. The fourth-order valence-corrected chi connectivity index (χ4v) is 2.55. The van der Waals surface area contributed by atoms with Crippen molar-refractivity contribution in [1.82, 2.24) is 0 Å². The minimum atomic E-state index is -0.109. The fourth-order valence-electron chi connectivity index (χ4n) is 2.55. The van der Waals surface area contributed by atoms with Gasteiger partial charge in [0.15, 0.2) is 11.5 Å². The molecule has 0 bridgehead atoms. The van der Waals surface area contributed by atoms with Crippen molar-refractivity contribution in [1.29, 1.82) is 0 Å². The molecule has 0 amide bonds. The molecule has 0 atom stereocenters. The maximum atomic E-state index is 12.1. The number of benzene rings is 1. The highest BCUT2D eigenvalue weighted by atomic mass is 16.6. The van der Waals surface area contributed by atoms with Gasteiger partial charge in [0.05, 0.1) is 13.0 Å². The lowest BCUT2D eigenvalue weighted by atomic mass is 9.89. The summed E-state index contributed by atoms with van der Waals surface area (Å²) in [5.74, 6) is 1.13. The number of rotatable bonds is 4. The number of aryl methyl sites for hydroxylation is 1. The van der Waals surface area contributed by atoms with Crippen molar-refractivity contribution in [3.63, 3.8) is 0 Å². The van der Waals surface area contributed by atoms with Gasteiger partial charge in [-0.05, 0) is 37.0 Å². The minimum absolute atomic E-state index is 0.0595. The van der Waals surface area contributed by atoms with E-state index in [1.54, 1.807) is 7.11 Å². The molecule has 0 aromatic heterocycles. The van der Waals surface area contributed by atoms with Crippen LogP contribution in [0.15, 0.2) is 18.2 Å². The molecule has 19 heavy (non-hydrogen) atoms. The summed E-state index contributed by atoms with van der Waals surface area (Å²) in [6.07, 6.45) is 6.34. The van der Waals surface area contributed by atoms with Crippen molar-refractivity contribution in [2.24, 2.45) is 5.92 Å². The summed E-state index contributed by atoms with van der Waals surface area (Å²) >= 11 is 0. The summed E-state index contributed by atoms with van der Waals surface area (Å²) in [6, 6.07) is 5.74. The van der Waals surface area contributed by atoms with Crippen LogP contribution in [0.1, 0.15) is 44.6 Å². The molecular weight excluding hydrogens is 240 g/mol.